The lowest BCUT2D eigenvalue weighted by Gasteiger charge is -2.43. The summed E-state index contributed by atoms with van der Waals surface area (Å²) in [5, 5.41) is 0. The Morgan fingerprint density at radius 2 is 1.30 bits per heavy atom. The number of hydrogen-bond donors (Lipinski definition) is 0. The molecule has 7 nitrogen and oxygen atoms in total. The molecule has 5 unspecified atom stereocenters. The Kier molecular flexibility index (Phi) is 11.0. The van der Waals surface area contributed by atoms with E-state index >= 15 is 0 Å². The molecular weight excluding hydrogens is 556 g/mol. The second-order valence-electron chi connectivity index (χ2n) is 11.1. The van der Waals surface area contributed by atoms with E-state index in [0.717, 1.165) is 16.7 Å². The third kappa shape index (κ3) is 8.26. The minimum atomic E-state index is -0.932. The van der Waals surface area contributed by atoms with Crippen LogP contribution in [0.25, 0.3) is 0 Å². The van der Waals surface area contributed by atoms with E-state index in [1.54, 1.807) is 25.3 Å². The second-order valence-corrected chi connectivity index (χ2v) is 11.1. The molecule has 0 N–H and O–H groups in total. The van der Waals surface area contributed by atoms with Crippen LogP contribution in [0.2, 0.25) is 0 Å². The molecule has 0 bridgehead atoms. The minimum absolute atomic E-state index is 0.0243. The maximum absolute atomic E-state index is 13.6. The van der Waals surface area contributed by atoms with Gasteiger partial charge in [0, 0.05) is 0 Å². The van der Waals surface area contributed by atoms with Gasteiger partial charge in [0.25, 0.3) is 0 Å². The van der Waals surface area contributed by atoms with Crippen molar-refractivity contribution < 1.29 is 33.2 Å². The van der Waals surface area contributed by atoms with Gasteiger partial charge in [0.05, 0.1) is 38.6 Å². The quantitative estimate of drug-likeness (QED) is 0.151. The number of benzene rings is 4. The van der Waals surface area contributed by atoms with Crippen LogP contribution < -0.4 is 9.47 Å². The summed E-state index contributed by atoms with van der Waals surface area (Å²) in [6.45, 7) is 5.76. The zero-order valence-electron chi connectivity index (χ0n) is 25.5. The number of carbonyl (C=O) groups is 1. The Morgan fingerprint density at radius 3 is 1.91 bits per heavy atom. The van der Waals surface area contributed by atoms with Crippen molar-refractivity contribution in [3.63, 3.8) is 0 Å². The molecule has 230 valence electrons. The number of rotatable bonds is 13. The highest BCUT2D eigenvalue weighted by Crippen LogP contribution is 2.35. The van der Waals surface area contributed by atoms with E-state index in [9.17, 15) is 4.79 Å². The molecule has 4 aromatic rings. The van der Waals surface area contributed by atoms with Crippen molar-refractivity contribution in [3.8, 4) is 11.5 Å². The fourth-order valence-electron chi connectivity index (χ4n) is 5.23. The van der Waals surface area contributed by atoms with Crippen LogP contribution in [0, 0.1) is 11.8 Å². The van der Waals surface area contributed by atoms with Crippen LogP contribution in [0.1, 0.15) is 40.9 Å². The summed E-state index contributed by atoms with van der Waals surface area (Å²) in [5.74, 6) is 0.549. The monoisotopic (exact) mass is 596 g/mol. The van der Waals surface area contributed by atoms with Gasteiger partial charge in [-0.25, -0.2) is 4.79 Å². The van der Waals surface area contributed by atoms with Gasteiger partial charge in [0.15, 0.2) is 11.5 Å². The zero-order chi connectivity index (χ0) is 30.7. The van der Waals surface area contributed by atoms with Crippen molar-refractivity contribution in [3.05, 3.63) is 131 Å². The first kappa shape index (κ1) is 31.3. The van der Waals surface area contributed by atoms with Gasteiger partial charge in [-0.15, -0.1) is 0 Å². The van der Waals surface area contributed by atoms with Crippen LogP contribution in [0.4, 0.5) is 0 Å². The third-order valence-corrected chi connectivity index (χ3v) is 8.05. The molecule has 0 aromatic heterocycles. The van der Waals surface area contributed by atoms with E-state index in [0.29, 0.717) is 43.5 Å². The van der Waals surface area contributed by atoms with Crippen molar-refractivity contribution >= 4 is 5.97 Å². The molecule has 1 fully saturated rings. The summed E-state index contributed by atoms with van der Waals surface area (Å²) >= 11 is 0. The molecule has 44 heavy (non-hydrogen) atoms. The molecule has 1 saturated heterocycles. The molecule has 1 aliphatic rings. The first-order chi connectivity index (χ1) is 21.5. The van der Waals surface area contributed by atoms with Crippen LogP contribution in [-0.2, 0) is 38.8 Å². The second kappa shape index (κ2) is 15.5. The van der Waals surface area contributed by atoms with E-state index in [-0.39, 0.29) is 17.9 Å². The van der Waals surface area contributed by atoms with Gasteiger partial charge in [-0.2, -0.15) is 0 Å². The van der Waals surface area contributed by atoms with Crippen molar-refractivity contribution in [1.29, 1.82) is 0 Å². The summed E-state index contributed by atoms with van der Waals surface area (Å²) < 4.78 is 36.4. The lowest BCUT2D eigenvalue weighted by Crippen LogP contribution is -2.53. The Labute approximate surface area is 259 Å². The minimum Gasteiger partial charge on any atom is -0.493 e. The number of methoxy groups -OCH3 is 1. The fourth-order valence-corrected chi connectivity index (χ4v) is 5.23. The van der Waals surface area contributed by atoms with E-state index in [1.807, 2.05) is 91.0 Å². The molecule has 4 aromatic carbocycles. The van der Waals surface area contributed by atoms with Gasteiger partial charge >= 0.3 is 5.97 Å². The largest absolute Gasteiger partial charge is 0.493 e. The number of esters is 1. The summed E-state index contributed by atoms with van der Waals surface area (Å²) in [6.07, 6.45) is -1.70. The summed E-state index contributed by atoms with van der Waals surface area (Å²) in [7, 11) is 1.57. The van der Waals surface area contributed by atoms with E-state index in [2.05, 4.69) is 13.8 Å². The zero-order valence-corrected chi connectivity index (χ0v) is 25.5. The molecule has 1 aliphatic heterocycles. The fraction of sp³-hybridized carbons (Fsp3) is 0.324. The molecule has 7 heteroatoms. The highest BCUT2D eigenvalue weighted by atomic mass is 16.7. The Morgan fingerprint density at radius 1 is 0.705 bits per heavy atom. The summed E-state index contributed by atoms with van der Waals surface area (Å²) in [5.41, 5.74) is 3.43. The Balaban J connectivity index is 1.30. The highest BCUT2D eigenvalue weighted by molar-refractivity contribution is 5.90. The standard InChI is InChI=1S/C37H40O7/c1-26-27(2)35(42-24-30-17-11-6-12-18-30)37(43-34(26)25-40-22-28-13-7-4-8-14-28)44-36(38)31-19-20-32(39-3)33(21-31)41-23-29-15-9-5-10-16-29/h4-21,26-27,34-35,37H,22-25H2,1-3H3. The third-order valence-electron chi connectivity index (χ3n) is 8.05. The molecule has 0 radical (unpaired) electrons. The molecule has 0 amide bonds. The number of carbonyl (C=O) groups excluding carboxylic acids is 1. The average molecular weight is 597 g/mol. The first-order valence-corrected chi connectivity index (χ1v) is 15.0. The lowest BCUT2D eigenvalue weighted by atomic mass is 9.83. The van der Waals surface area contributed by atoms with Crippen molar-refractivity contribution in [1.82, 2.24) is 0 Å². The smallest absolute Gasteiger partial charge is 0.340 e. The van der Waals surface area contributed by atoms with Gasteiger partial charge < -0.3 is 28.4 Å². The maximum atomic E-state index is 13.6. The molecule has 5 rings (SSSR count). The average Bonchev–Trinajstić information content (AvgIpc) is 3.07. The van der Waals surface area contributed by atoms with Crippen LogP contribution in [0.5, 0.6) is 11.5 Å². The van der Waals surface area contributed by atoms with Crippen molar-refractivity contribution in [2.75, 3.05) is 13.7 Å². The van der Waals surface area contributed by atoms with Gasteiger partial charge in [0.2, 0.25) is 6.29 Å². The molecule has 0 saturated carbocycles. The van der Waals surface area contributed by atoms with Gasteiger partial charge in [-0.1, -0.05) is 105 Å². The lowest BCUT2D eigenvalue weighted by molar-refractivity contribution is -0.271. The Hall–Kier alpha value is -4.17. The van der Waals surface area contributed by atoms with E-state index in [1.165, 1.54) is 0 Å². The summed E-state index contributed by atoms with van der Waals surface area (Å²) in [6, 6.07) is 34.7. The number of hydrogen-bond acceptors (Lipinski definition) is 7. The van der Waals surface area contributed by atoms with Crippen molar-refractivity contribution in [2.45, 2.75) is 52.2 Å². The maximum Gasteiger partial charge on any atom is 0.340 e. The Bertz CT molecular complexity index is 1440. The van der Waals surface area contributed by atoms with Crippen LogP contribution >= 0.6 is 0 Å². The van der Waals surface area contributed by atoms with Crippen molar-refractivity contribution in [2.24, 2.45) is 11.8 Å². The predicted molar refractivity (Wildman–Crippen MR) is 167 cm³/mol. The molecule has 0 aliphatic carbocycles. The summed E-state index contributed by atoms with van der Waals surface area (Å²) in [4.78, 5) is 13.6. The van der Waals surface area contributed by atoms with E-state index < -0.39 is 18.4 Å². The SMILES string of the molecule is COc1ccc(C(=O)OC2OC(COCc3ccccc3)C(C)C(C)C2OCc2ccccc2)cc1OCc1ccccc1. The molecule has 0 spiro atoms. The molecular formula is C37H40O7. The van der Waals surface area contributed by atoms with Crippen LogP contribution in [0.3, 0.4) is 0 Å². The number of ether oxygens (including phenoxy) is 6. The van der Waals surface area contributed by atoms with Gasteiger partial charge in [-0.05, 0) is 46.7 Å². The van der Waals surface area contributed by atoms with Crippen LogP contribution in [-0.4, -0.2) is 38.2 Å². The normalized spacial score (nSPS) is 21.4. The van der Waals surface area contributed by atoms with Gasteiger partial charge in [-0.3, -0.25) is 0 Å². The topological polar surface area (TPSA) is 72.5 Å². The predicted octanol–water partition coefficient (Wildman–Crippen LogP) is 7.23. The molecule has 5 atom stereocenters. The highest BCUT2D eigenvalue weighted by Gasteiger charge is 2.44. The van der Waals surface area contributed by atoms with Gasteiger partial charge in [0.1, 0.15) is 12.7 Å². The first-order valence-electron chi connectivity index (χ1n) is 15.0. The van der Waals surface area contributed by atoms with Crippen LogP contribution in [0.15, 0.2) is 109 Å². The van der Waals surface area contributed by atoms with E-state index in [4.69, 9.17) is 28.4 Å². The molecule has 1 heterocycles.